The molecule has 0 spiro atoms. The molecule has 0 saturated heterocycles. The zero-order valence-corrected chi connectivity index (χ0v) is 10.4. The highest BCUT2D eigenvalue weighted by Crippen LogP contribution is 2.15. The second-order valence-electron chi connectivity index (χ2n) is 4.00. The van der Waals surface area contributed by atoms with E-state index in [2.05, 4.69) is 4.98 Å². The maximum Gasteiger partial charge on any atom is 0.258 e. The first kappa shape index (κ1) is 11.0. The van der Waals surface area contributed by atoms with E-state index in [0.717, 1.165) is 15.6 Å². The highest BCUT2D eigenvalue weighted by Gasteiger charge is 2.04. The molecule has 2 N–H and O–H groups in total. The van der Waals surface area contributed by atoms with E-state index in [1.54, 1.807) is 17.0 Å². The smallest absolute Gasteiger partial charge is 0.258 e. The normalized spacial score (nSPS) is 10.9. The van der Waals surface area contributed by atoms with Crippen LogP contribution in [0.5, 0.6) is 0 Å². The first-order valence-electron chi connectivity index (χ1n) is 5.52. The monoisotopic (exact) mass is 257 g/mol. The van der Waals surface area contributed by atoms with Crippen LogP contribution in [0.1, 0.15) is 4.88 Å². The Morgan fingerprint density at radius 3 is 2.89 bits per heavy atom. The van der Waals surface area contributed by atoms with Gasteiger partial charge in [-0.3, -0.25) is 4.79 Å². The maximum absolute atomic E-state index is 12.3. The minimum atomic E-state index is 0.0140. The van der Waals surface area contributed by atoms with Crippen LogP contribution in [0.2, 0.25) is 0 Å². The van der Waals surface area contributed by atoms with E-state index in [4.69, 9.17) is 5.73 Å². The molecule has 0 radical (unpaired) electrons. The molecule has 0 aliphatic rings. The van der Waals surface area contributed by atoms with Crippen molar-refractivity contribution in [1.29, 1.82) is 0 Å². The summed E-state index contributed by atoms with van der Waals surface area (Å²) in [7, 11) is 0. The van der Waals surface area contributed by atoms with E-state index >= 15 is 0 Å². The number of pyridine rings is 1. The second kappa shape index (κ2) is 4.27. The summed E-state index contributed by atoms with van der Waals surface area (Å²) < 4.78 is 1.68. The van der Waals surface area contributed by atoms with Gasteiger partial charge in [-0.15, -0.1) is 11.3 Å². The van der Waals surface area contributed by atoms with Crippen molar-refractivity contribution in [3.05, 3.63) is 58.0 Å². The fraction of sp³-hybridized carbons (Fsp3) is 0.0769. The first-order valence-corrected chi connectivity index (χ1v) is 6.34. The van der Waals surface area contributed by atoms with Crippen molar-refractivity contribution in [1.82, 2.24) is 9.55 Å². The largest absolute Gasteiger partial charge is 0.375 e. The van der Waals surface area contributed by atoms with E-state index in [1.807, 2.05) is 30.3 Å². The molecule has 0 atom stereocenters. The van der Waals surface area contributed by atoms with Gasteiger partial charge in [-0.1, -0.05) is 18.2 Å². The molecule has 0 aliphatic carbocycles. The molecule has 0 aliphatic heterocycles. The highest BCUT2D eigenvalue weighted by molar-refractivity contribution is 7.15. The molecule has 0 bridgehead atoms. The fourth-order valence-corrected chi connectivity index (χ4v) is 2.60. The number of fused-ring (bicyclic) bond motifs is 1. The molecule has 90 valence electrons. The zero-order valence-electron chi connectivity index (χ0n) is 9.54. The summed E-state index contributed by atoms with van der Waals surface area (Å²) in [5, 5.41) is 2.22. The van der Waals surface area contributed by atoms with Crippen molar-refractivity contribution in [3.8, 4) is 0 Å². The molecule has 0 amide bonds. The molecule has 18 heavy (non-hydrogen) atoms. The lowest BCUT2D eigenvalue weighted by Gasteiger charge is -2.05. The topological polar surface area (TPSA) is 60.9 Å². The molecule has 0 unspecified atom stereocenters. The van der Waals surface area contributed by atoms with E-state index in [0.29, 0.717) is 11.7 Å². The quantitative estimate of drug-likeness (QED) is 0.764. The molecule has 1 aromatic carbocycles. The van der Waals surface area contributed by atoms with E-state index in [9.17, 15) is 4.79 Å². The maximum atomic E-state index is 12.3. The third-order valence-corrected chi connectivity index (χ3v) is 3.59. The van der Waals surface area contributed by atoms with Crippen LogP contribution in [0.25, 0.3) is 10.8 Å². The summed E-state index contributed by atoms with van der Waals surface area (Å²) in [6.45, 7) is 0.512. The Morgan fingerprint density at radius 1 is 1.28 bits per heavy atom. The van der Waals surface area contributed by atoms with Crippen LogP contribution in [0, 0.1) is 0 Å². The predicted octanol–water partition coefficient (Wildman–Crippen LogP) is 2.09. The molecule has 0 saturated carbocycles. The summed E-state index contributed by atoms with van der Waals surface area (Å²) in [5.74, 6) is 0. The zero-order chi connectivity index (χ0) is 12.5. The number of hydrogen-bond acceptors (Lipinski definition) is 4. The number of nitrogens with two attached hydrogens (primary N) is 1. The van der Waals surface area contributed by atoms with E-state index < -0.39 is 0 Å². The molecular weight excluding hydrogens is 246 g/mol. The average molecular weight is 257 g/mol. The van der Waals surface area contributed by atoms with Crippen molar-refractivity contribution in [2.75, 3.05) is 5.73 Å². The molecule has 3 rings (SSSR count). The van der Waals surface area contributed by atoms with Crippen molar-refractivity contribution >= 4 is 27.2 Å². The van der Waals surface area contributed by atoms with Gasteiger partial charge in [-0.25, -0.2) is 4.98 Å². The van der Waals surface area contributed by atoms with Gasteiger partial charge in [0.25, 0.3) is 5.56 Å². The van der Waals surface area contributed by atoms with Crippen LogP contribution in [0.3, 0.4) is 0 Å². The van der Waals surface area contributed by atoms with Crippen LogP contribution in [0.4, 0.5) is 5.13 Å². The van der Waals surface area contributed by atoms with Crippen LogP contribution in [-0.4, -0.2) is 9.55 Å². The van der Waals surface area contributed by atoms with Gasteiger partial charge in [0.15, 0.2) is 5.13 Å². The van der Waals surface area contributed by atoms with Crippen molar-refractivity contribution in [2.45, 2.75) is 6.54 Å². The first-order chi connectivity index (χ1) is 8.74. The van der Waals surface area contributed by atoms with Gasteiger partial charge in [0.1, 0.15) is 0 Å². The van der Waals surface area contributed by atoms with E-state index in [-0.39, 0.29) is 5.56 Å². The Morgan fingerprint density at radius 2 is 2.11 bits per heavy atom. The average Bonchev–Trinajstić information content (AvgIpc) is 2.79. The van der Waals surface area contributed by atoms with Crippen LogP contribution < -0.4 is 11.3 Å². The number of nitrogen functional groups attached to an aromatic ring is 1. The lowest BCUT2D eigenvalue weighted by atomic mass is 10.2. The molecule has 2 heterocycles. The van der Waals surface area contributed by atoms with Crippen LogP contribution in [0.15, 0.2) is 47.5 Å². The third kappa shape index (κ3) is 1.89. The SMILES string of the molecule is Nc1ncc(Cn2ccc3ccccc3c2=O)s1. The van der Waals surface area contributed by atoms with Gasteiger partial charge in [0.05, 0.1) is 6.54 Å². The Kier molecular flexibility index (Phi) is 2.60. The lowest BCUT2D eigenvalue weighted by Crippen LogP contribution is -2.19. The van der Waals surface area contributed by atoms with Crippen molar-refractivity contribution in [2.24, 2.45) is 0 Å². The van der Waals surface area contributed by atoms with Crippen LogP contribution in [-0.2, 0) is 6.54 Å². The molecule has 2 aromatic heterocycles. The molecule has 0 fully saturated rings. The van der Waals surface area contributed by atoms with Gasteiger partial charge < -0.3 is 10.3 Å². The number of thiazole rings is 1. The summed E-state index contributed by atoms with van der Waals surface area (Å²) >= 11 is 1.40. The molecule has 4 nitrogen and oxygen atoms in total. The summed E-state index contributed by atoms with van der Waals surface area (Å²) in [6.07, 6.45) is 3.52. The summed E-state index contributed by atoms with van der Waals surface area (Å²) in [5.41, 5.74) is 5.59. The van der Waals surface area contributed by atoms with Gasteiger partial charge >= 0.3 is 0 Å². The Labute approximate surface area is 107 Å². The summed E-state index contributed by atoms with van der Waals surface area (Å²) in [4.78, 5) is 17.2. The number of rotatable bonds is 2. The van der Waals surface area contributed by atoms with Crippen molar-refractivity contribution in [3.63, 3.8) is 0 Å². The number of benzene rings is 1. The minimum absolute atomic E-state index is 0.0140. The van der Waals surface area contributed by atoms with E-state index in [1.165, 1.54) is 11.3 Å². The van der Waals surface area contributed by atoms with Gasteiger partial charge in [-0.05, 0) is 17.5 Å². The van der Waals surface area contributed by atoms with Gasteiger partial charge in [0, 0.05) is 22.7 Å². The number of hydrogen-bond donors (Lipinski definition) is 1. The predicted molar refractivity (Wildman–Crippen MR) is 73.8 cm³/mol. The Hall–Kier alpha value is -2.14. The Balaban J connectivity index is 2.08. The molecular formula is C13H11N3OS. The van der Waals surface area contributed by atoms with Crippen LogP contribution >= 0.6 is 11.3 Å². The third-order valence-electron chi connectivity index (χ3n) is 2.78. The highest BCUT2D eigenvalue weighted by atomic mass is 32.1. The molecule has 3 aromatic rings. The minimum Gasteiger partial charge on any atom is -0.375 e. The standard InChI is InChI=1S/C13H11N3OS/c14-13-15-7-10(18-13)8-16-6-5-9-3-1-2-4-11(9)12(16)17/h1-7H,8H2,(H2,14,15). The number of anilines is 1. The molecule has 5 heteroatoms. The number of aromatic nitrogens is 2. The van der Waals surface area contributed by atoms with Gasteiger partial charge in [-0.2, -0.15) is 0 Å². The number of nitrogens with zero attached hydrogens (tertiary/aromatic N) is 2. The Bertz CT molecular complexity index is 760. The summed E-state index contributed by atoms with van der Waals surface area (Å²) in [6, 6.07) is 9.52. The fourth-order valence-electron chi connectivity index (χ4n) is 1.92. The second-order valence-corrected chi connectivity index (χ2v) is 5.15. The lowest BCUT2D eigenvalue weighted by molar-refractivity contribution is 0.777. The van der Waals surface area contributed by atoms with Crippen molar-refractivity contribution < 1.29 is 0 Å². The van der Waals surface area contributed by atoms with Gasteiger partial charge in [0.2, 0.25) is 0 Å².